The van der Waals surface area contributed by atoms with Crippen LogP contribution in [0.3, 0.4) is 0 Å². The van der Waals surface area contributed by atoms with E-state index in [0.717, 1.165) is 105 Å². The van der Waals surface area contributed by atoms with Gasteiger partial charge in [0.05, 0.1) is 17.1 Å². The van der Waals surface area contributed by atoms with Crippen molar-refractivity contribution in [1.82, 2.24) is 0 Å². The molecule has 69 heavy (non-hydrogen) atoms. The minimum Gasteiger partial charge on any atom is -0.455 e. The van der Waals surface area contributed by atoms with Gasteiger partial charge in [-0.2, -0.15) is 0 Å². The van der Waals surface area contributed by atoms with Crippen LogP contribution in [0, 0.1) is 0 Å². The first-order chi connectivity index (χ1) is 34.0. The predicted octanol–water partition coefficient (Wildman–Crippen LogP) is 18.7. The van der Waals surface area contributed by atoms with Gasteiger partial charge >= 0.3 is 0 Å². The third-order valence-electron chi connectivity index (χ3n) is 14.6. The van der Waals surface area contributed by atoms with Gasteiger partial charge in [-0.1, -0.05) is 166 Å². The summed E-state index contributed by atoms with van der Waals surface area (Å²) in [5.74, 6) is 0. The monoisotopic (exact) mass is 884 g/mol. The number of nitrogens with zero attached hydrogens (tertiary/aromatic N) is 2. The highest BCUT2D eigenvalue weighted by atomic mass is 16.3. The molecule has 0 fully saturated rings. The SMILES string of the molecule is CC1(C)c2ccccc2-c2ccc(N(c3ccccc3)c3ccc4c(c3)c3ccccc3c3c5ccc(N(c6ccccc6-c6ccccc6)c6cccc7c6oc6ccccc67)cc5oc43)cc21. The summed E-state index contributed by atoms with van der Waals surface area (Å²) in [4.78, 5) is 4.73. The van der Waals surface area contributed by atoms with Gasteiger partial charge in [0.15, 0.2) is 5.58 Å². The van der Waals surface area contributed by atoms with Gasteiger partial charge in [-0.05, 0) is 117 Å². The Labute approximate surface area is 399 Å². The second-order valence-corrected chi connectivity index (χ2v) is 18.8. The molecule has 14 rings (SSSR count). The summed E-state index contributed by atoms with van der Waals surface area (Å²) in [5, 5.41) is 8.90. The van der Waals surface area contributed by atoms with Gasteiger partial charge < -0.3 is 18.6 Å². The van der Waals surface area contributed by atoms with Gasteiger partial charge in [0.1, 0.15) is 16.7 Å². The molecule has 4 heteroatoms. The number of fused-ring (bicyclic) bond motifs is 14. The summed E-state index contributed by atoms with van der Waals surface area (Å²) in [6.07, 6.45) is 0. The zero-order valence-electron chi connectivity index (χ0n) is 38.2. The summed E-state index contributed by atoms with van der Waals surface area (Å²) >= 11 is 0. The molecule has 2 heterocycles. The highest BCUT2D eigenvalue weighted by molar-refractivity contribution is 6.30. The number of rotatable bonds is 7. The molecule has 2 aromatic heterocycles. The molecule has 0 bridgehead atoms. The maximum Gasteiger partial charge on any atom is 0.159 e. The van der Waals surface area contributed by atoms with Gasteiger partial charge in [0, 0.05) is 61.0 Å². The minimum atomic E-state index is -0.125. The number of hydrogen-bond donors (Lipinski definition) is 0. The van der Waals surface area contributed by atoms with Crippen LogP contribution in [0.2, 0.25) is 0 Å². The predicted molar refractivity (Wildman–Crippen MR) is 288 cm³/mol. The molecule has 326 valence electrons. The molecule has 13 aromatic rings. The molecule has 0 spiro atoms. The van der Waals surface area contributed by atoms with Gasteiger partial charge in [-0.3, -0.25) is 0 Å². The van der Waals surface area contributed by atoms with Crippen LogP contribution in [0.25, 0.3) is 87.7 Å². The minimum absolute atomic E-state index is 0.125. The second kappa shape index (κ2) is 15.1. The zero-order valence-corrected chi connectivity index (χ0v) is 38.2. The van der Waals surface area contributed by atoms with Gasteiger partial charge in [0.25, 0.3) is 0 Å². The molecule has 1 aliphatic rings. The first kappa shape index (κ1) is 39.3. The lowest BCUT2D eigenvalue weighted by Gasteiger charge is -2.28. The van der Waals surface area contributed by atoms with E-state index in [1.165, 1.54) is 27.6 Å². The fourth-order valence-corrected chi connectivity index (χ4v) is 11.4. The quantitative estimate of drug-likeness (QED) is 0.149. The molecular formula is C65H44N2O2. The van der Waals surface area contributed by atoms with E-state index in [-0.39, 0.29) is 5.41 Å². The first-order valence-corrected chi connectivity index (χ1v) is 23.7. The maximum absolute atomic E-state index is 7.20. The van der Waals surface area contributed by atoms with E-state index in [9.17, 15) is 0 Å². The van der Waals surface area contributed by atoms with Gasteiger partial charge in [-0.15, -0.1) is 0 Å². The Morgan fingerprint density at radius 1 is 0.319 bits per heavy atom. The number of benzene rings is 11. The van der Waals surface area contributed by atoms with E-state index >= 15 is 0 Å². The van der Waals surface area contributed by atoms with E-state index in [4.69, 9.17) is 8.83 Å². The Bertz CT molecular complexity index is 4180. The van der Waals surface area contributed by atoms with Crippen molar-refractivity contribution in [3.8, 4) is 22.3 Å². The summed E-state index contributed by atoms with van der Waals surface area (Å²) in [5.41, 5.74) is 17.1. The molecule has 0 saturated carbocycles. The second-order valence-electron chi connectivity index (χ2n) is 18.8. The Balaban J connectivity index is 0.968. The normalized spacial score (nSPS) is 12.9. The molecule has 0 amide bonds. The fraction of sp³-hybridized carbons (Fsp3) is 0.0462. The smallest absolute Gasteiger partial charge is 0.159 e. The van der Waals surface area contributed by atoms with Crippen molar-refractivity contribution in [2.24, 2.45) is 0 Å². The van der Waals surface area contributed by atoms with Crippen LogP contribution in [-0.4, -0.2) is 0 Å². The third kappa shape index (κ3) is 5.95. The highest BCUT2D eigenvalue weighted by Gasteiger charge is 2.36. The van der Waals surface area contributed by atoms with Crippen molar-refractivity contribution in [3.05, 3.63) is 242 Å². The molecule has 0 N–H and O–H groups in total. The molecule has 0 unspecified atom stereocenters. The number of furan rings is 2. The Morgan fingerprint density at radius 2 is 0.899 bits per heavy atom. The van der Waals surface area contributed by atoms with Crippen LogP contribution in [-0.2, 0) is 5.41 Å². The Hall–Kier alpha value is -8.86. The fourth-order valence-electron chi connectivity index (χ4n) is 11.4. The van der Waals surface area contributed by atoms with Crippen molar-refractivity contribution in [3.63, 3.8) is 0 Å². The molecular weight excluding hydrogens is 841 g/mol. The van der Waals surface area contributed by atoms with Crippen LogP contribution >= 0.6 is 0 Å². The Kier molecular flexibility index (Phi) is 8.59. The summed E-state index contributed by atoms with van der Waals surface area (Å²) < 4.78 is 13.9. The van der Waals surface area contributed by atoms with Crippen molar-refractivity contribution in [2.75, 3.05) is 9.80 Å². The van der Waals surface area contributed by atoms with Crippen LogP contribution in [0.15, 0.2) is 239 Å². The Morgan fingerprint density at radius 3 is 1.74 bits per heavy atom. The standard InChI is InChI=1S/C65H44N2O2/c1-65(2)56-28-14-11-24-48(56)49-35-32-44(39-57(49)65)66(42-20-7-4-8-21-42)43-33-36-53-55(38-43)47-23-9-10-26-51(47)62-54-37-34-45(40-61(54)69-64(53)62)67(58-29-15-12-22-46(58)41-18-5-3-6-19-41)59-30-17-27-52-50-25-13-16-31-60(50)68-63(52)59/h3-40H,1-2H3. The van der Waals surface area contributed by atoms with Crippen LogP contribution < -0.4 is 9.80 Å². The van der Waals surface area contributed by atoms with Crippen molar-refractivity contribution >= 4 is 99.5 Å². The molecule has 4 nitrogen and oxygen atoms in total. The van der Waals surface area contributed by atoms with E-state index in [1.807, 2.05) is 12.1 Å². The van der Waals surface area contributed by atoms with E-state index in [0.29, 0.717) is 0 Å². The van der Waals surface area contributed by atoms with Crippen LogP contribution in [0.1, 0.15) is 25.0 Å². The average molecular weight is 885 g/mol. The lowest BCUT2D eigenvalue weighted by Crippen LogP contribution is -2.16. The molecule has 11 aromatic carbocycles. The summed E-state index contributed by atoms with van der Waals surface area (Å²) in [6.45, 7) is 4.70. The van der Waals surface area contributed by atoms with Crippen LogP contribution in [0.4, 0.5) is 34.1 Å². The zero-order chi connectivity index (χ0) is 45.8. The third-order valence-corrected chi connectivity index (χ3v) is 14.6. The van der Waals surface area contributed by atoms with Gasteiger partial charge in [0.2, 0.25) is 0 Å². The molecule has 0 aliphatic heterocycles. The number of hydrogen-bond acceptors (Lipinski definition) is 4. The van der Waals surface area contributed by atoms with Gasteiger partial charge in [-0.25, -0.2) is 0 Å². The number of para-hydroxylation sites is 4. The average Bonchev–Trinajstić information content (AvgIpc) is 4.05. The first-order valence-electron chi connectivity index (χ1n) is 23.7. The van der Waals surface area contributed by atoms with Crippen LogP contribution in [0.5, 0.6) is 0 Å². The highest BCUT2D eigenvalue weighted by Crippen LogP contribution is 2.52. The molecule has 0 radical (unpaired) electrons. The summed E-state index contributed by atoms with van der Waals surface area (Å²) in [6, 6.07) is 82.9. The number of anilines is 6. The topological polar surface area (TPSA) is 32.8 Å². The largest absolute Gasteiger partial charge is 0.455 e. The van der Waals surface area contributed by atoms with E-state index in [1.54, 1.807) is 0 Å². The summed E-state index contributed by atoms with van der Waals surface area (Å²) in [7, 11) is 0. The van der Waals surface area contributed by atoms with Crippen molar-refractivity contribution in [1.29, 1.82) is 0 Å². The van der Waals surface area contributed by atoms with Crippen molar-refractivity contribution in [2.45, 2.75) is 19.3 Å². The van der Waals surface area contributed by atoms with E-state index < -0.39 is 0 Å². The lowest BCUT2D eigenvalue weighted by atomic mass is 9.82. The molecule has 0 saturated heterocycles. The lowest BCUT2D eigenvalue weighted by molar-refractivity contribution is 0.660. The molecule has 0 atom stereocenters. The van der Waals surface area contributed by atoms with E-state index in [2.05, 4.69) is 242 Å². The van der Waals surface area contributed by atoms with Crippen molar-refractivity contribution < 1.29 is 8.83 Å². The molecule has 1 aliphatic carbocycles. The maximum atomic E-state index is 7.20.